The summed E-state index contributed by atoms with van der Waals surface area (Å²) in [6.07, 6.45) is 7.14. The van der Waals surface area contributed by atoms with Gasteiger partial charge in [0.05, 0.1) is 35.8 Å². The molecule has 0 spiro atoms. The standard InChI is InChI=1S/C23H21N9O/c1-13-7-16(4-3-14(13)8-24)31-11-15(9-26-31)20-21-18(28-29-20)10-25-23(27-21)32-17-5-6-19(32)22(33)30(2)12-17/h3-4,7,9-11,17,19H,5-6,12H2,1-2H3,(H,28,29). The number of hydrogen-bond donors (Lipinski definition) is 1. The minimum Gasteiger partial charge on any atom is -0.342 e. The highest BCUT2D eigenvalue weighted by Crippen LogP contribution is 2.34. The monoisotopic (exact) mass is 439 g/mol. The van der Waals surface area contributed by atoms with E-state index in [0.29, 0.717) is 29.3 Å². The molecule has 2 bridgehead atoms. The Bertz CT molecular complexity index is 1450. The number of nitrogens with zero attached hydrogens (tertiary/aromatic N) is 8. The number of nitriles is 1. The molecule has 6 rings (SSSR count). The Labute approximate surface area is 189 Å². The Balaban J connectivity index is 1.37. The maximum Gasteiger partial charge on any atom is 0.245 e. The number of aromatic amines is 1. The van der Waals surface area contributed by atoms with E-state index in [1.165, 1.54) is 0 Å². The summed E-state index contributed by atoms with van der Waals surface area (Å²) in [6.45, 7) is 2.59. The van der Waals surface area contributed by atoms with Gasteiger partial charge in [0, 0.05) is 25.4 Å². The number of anilines is 1. The van der Waals surface area contributed by atoms with E-state index in [0.717, 1.165) is 35.2 Å². The summed E-state index contributed by atoms with van der Waals surface area (Å²) in [5, 5.41) is 21.1. The number of fused-ring (bicyclic) bond motifs is 3. The van der Waals surface area contributed by atoms with Crippen molar-refractivity contribution in [2.45, 2.75) is 31.8 Å². The minimum absolute atomic E-state index is 0.124. The van der Waals surface area contributed by atoms with Gasteiger partial charge in [-0.2, -0.15) is 15.5 Å². The zero-order valence-corrected chi connectivity index (χ0v) is 18.2. The van der Waals surface area contributed by atoms with E-state index < -0.39 is 0 Å². The predicted molar refractivity (Wildman–Crippen MR) is 121 cm³/mol. The van der Waals surface area contributed by atoms with Crippen LogP contribution in [0.5, 0.6) is 0 Å². The molecule has 2 unspecified atom stereocenters. The fourth-order valence-electron chi connectivity index (χ4n) is 4.90. The second kappa shape index (κ2) is 7.13. The molecule has 10 nitrogen and oxygen atoms in total. The van der Waals surface area contributed by atoms with Crippen molar-refractivity contribution >= 4 is 22.9 Å². The first kappa shape index (κ1) is 19.4. The van der Waals surface area contributed by atoms with Gasteiger partial charge in [-0.1, -0.05) is 0 Å². The fourth-order valence-corrected chi connectivity index (χ4v) is 4.90. The number of carbonyl (C=O) groups excluding carboxylic acids is 1. The Morgan fingerprint density at radius 3 is 2.94 bits per heavy atom. The molecule has 164 valence electrons. The third-order valence-corrected chi connectivity index (χ3v) is 6.62. The van der Waals surface area contributed by atoms with Crippen LogP contribution < -0.4 is 4.90 Å². The molecule has 0 radical (unpaired) electrons. The highest BCUT2D eigenvalue weighted by molar-refractivity contribution is 5.91. The minimum atomic E-state index is -0.205. The zero-order chi connectivity index (χ0) is 22.7. The number of benzene rings is 1. The van der Waals surface area contributed by atoms with Crippen LogP contribution in [0.15, 0.2) is 36.8 Å². The first-order chi connectivity index (χ1) is 16.0. The van der Waals surface area contributed by atoms with Crippen LogP contribution in [0.3, 0.4) is 0 Å². The van der Waals surface area contributed by atoms with E-state index in [2.05, 4.69) is 31.2 Å². The lowest BCUT2D eigenvalue weighted by molar-refractivity contribution is -0.132. The molecule has 2 fully saturated rings. The normalized spacial score (nSPS) is 20.0. The highest BCUT2D eigenvalue weighted by Gasteiger charge is 2.45. The van der Waals surface area contributed by atoms with Crippen molar-refractivity contribution < 1.29 is 4.79 Å². The van der Waals surface area contributed by atoms with E-state index in [4.69, 9.17) is 10.2 Å². The van der Waals surface area contributed by atoms with E-state index in [9.17, 15) is 4.79 Å². The molecule has 3 aromatic heterocycles. The summed E-state index contributed by atoms with van der Waals surface area (Å²) >= 11 is 0. The van der Waals surface area contributed by atoms with Crippen LogP contribution in [0.2, 0.25) is 0 Å². The van der Waals surface area contributed by atoms with Gasteiger partial charge < -0.3 is 9.80 Å². The number of likely N-dealkylation sites (N-methyl/N-ethyl adjacent to an activating group) is 1. The summed E-state index contributed by atoms with van der Waals surface area (Å²) < 4.78 is 1.76. The van der Waals surface area contributed by atoms with E-state index in [1.807, 2.05) is 32.3 Å². The molecular formula is C23H21N9O. The Hall–Kier alpha value is -4.26. The first-order valence-corrected chi connectivity index (χ1v) is 10.8. The summed E-state index contributed by atoms with van der Waals surface area (Å²) in [5.41, 5.74) is 5.31. The van der Waals surface area contributed by atoms with Crippen LogP contribution in [0.25, 0.3) is 28.0 Å². The van der Waals surface area contributed by atoms with E-state index >= 15 is 0 Å². The van der Waals surface area contributed by atoms with Crippen molar-refractivity contribution in [2.75, 3.05) is 18.5 Å². The largest absolute Gasteiger partial charge is 0.342 e. The van der Waals surface area contributed by atoms with Gasteiger partial charge in [0.25, 0.3) is 0 Å². The summed E-state index contributed by atoms with van der Waals surface area (Å²) in [4.78, 5) is 25.9. The number of nitrogens with one attached hydrogen (secondary N) is 1. The number of piperazine rings is 1. The predicted octanol–water partition coefficient (Wildman–Crippen LogP) is 2.20. The number of likely N-dealkylation sites (tertiary alicyclic amines) is 1. The number of H-pyrrole nitrogens is 1. The molecule has 5 heterocycles. The molecule has 1 amide bonds. The molecule has 2 aliphatic heterocycles. The van der Waals surface area contributed by atoms with Crippen LogP contribution in [-0.4, -0.2) is 66.4 Å². The first-order valence-electron chi connectivity index (χ1n) is 10.8. The van der Waals surface area contributed by atoms with Gasteiger partial charge in [-0.15, -0.1) is 0 Å². The second-order valence-electron chi connectivity index (χ2n) is 8.66. The van der Waals surface area contributed by atoms with Crippen molar-refractivity contribution in [1.29, 1.82) is 5.26 Å². The molecule has 4 aromatic rings. The van der Waals surface area contributed by atoms with Gasteiger partial charge in [0.1, 0.15) is 22.8 Å². The van der Waals surface area contributed by atoms with Gasteiger partial charge in [0.15, 0.2) is 0 Å². The number of aryl methyl sites for hydroxylation is 1. The van der Waals surface area contributed by atoms with Crippen molar-refractivity contribution in [3.8, 4) is 23.0 Å². The Morgan fingerprint density at radius 1 is 1.24 bits per heavy atom. The fraction of sp³-hybridized carbons (Fsp3) is 0.304. The molecule has 1 aromatic carbocycles. The van der Waals surface area contributed by atoms with Crippen molar-refractivity contribution in [3.05, 3.63) is 47.9 Å². The lowest BCUT2D eigenvalue weighted by Gasteiger charge is -2.38. The number of amides is 1. The lowest BCUT2D eigenvalue weighted by atomic mass is 10.1. The lowest BCUT2D eigenvalue weighted by Crippen LogP contribution is -2.56. The third kappa shape index (κ3) is 2.96. The maximum absolute atomic E-state index is 12.7. The molecule has 0 aliphatic carbocycles. The van der Waals surface area contributed by atoms with Crippen LogP contribution in [0, 0.1) is 18.3 Å². The van der Waals surface area contributed by atoms with Gasteiger partial charge in [-0.05, 0) is 43.5 Å². The summed E-state index contributed by atoms with van der Waals surface area (Å²) in [6, 6.07) is 7.80. The van der Waals surface area contributed by atoms with Crippen molar-refractivity contribution in [3.63, 3.8) is 0 Å². The van der Waals surface area contributed by atoms with Gasteiger partial charge in [-0.3, -0.25) is 9.89 Å². The molecular weight excluding hydrogens is 418 g/mol. The average Bonchev–Trinajstić information content (AvgIpc) is 3.54. The molecule has 2 saturated heterocycles. The molecule has 1 N–H and O–H groups in total. The Morgan fingerprint density at radius 2 is 2.12 bits per heavy atom. The van der Waals surface area contributed by atoms with Crippen LogP contribution in [0.1, 0.15) is 24.0 Å². The maximum atomic E-state index is 12.7. The van der Waals surface area contributed by atoms with Crippen LogP contribution in [-0.2, 0) is 4.79 Å². The van der Waals surface area contributed by atoms with Crippen LogP contribution in [0.4, 0.5) is 5.95 Å². The molecule has 2 aliphatic rings. The SMILES string of the molecule is Cc1cc(-n2cc(-c3n[nH]c4cnc(N5C6CCC5C(=O)N(C)C6)nc34)cn2)ccc1C#N. The zero-order valence-electron chi connectivity index (χ0n) is 18.2. The Kier molecular flexibility index (Phi) is 4.20. The van der Waals surface area contributed by atoms with Gasteiger partial charge in [-0.25, -0.2) is 14.6 Å². The number of hydrogen-bond acceptors (Lipinski definition) is 7. The van der Waals surface area contributed by atoms with Gasteiger partial charge in [0.2, 0.25) is 11.9 Å². The number of carbonyl (C=O) groups is 1. The molecule has 0 saturated carbocycles. The summed E-state index contributed by atoms with van der Waals surface area (Å²) in [5.74, 6) is 0.688. The van der Waals surface area contributed by atoms with E-state index in [-0.39, 0.29) is 18.0 Å². The number of rotatable bonds is 3. The van der Waals surface area contributed by atoms with Crippen molar-refractivity contribution in [2.24, 2.45) is 0 Å². The number of aromatic nitrogens is 6. The molecule has 33 heavy (non-hydrogen) atoms. The third-order valence-electron chi connectivity index (χ3n) is 6.62. The topological polar surface area (TPSA) is 120 Å². The average molecular weight is 439 g/mol. The summed E-state index contributed by atoms with van der Waals surface area (Å²) in [7, 11) is 1.86. The molecule has 10 heteroatoms. The molecule has 2 atom stereocenters. The van der Waals surface area contributed by atoms with Crippen molar-refractivity contribution in [1.82, 2.24) is 34.8 Å². The van der Waals surface area contributed by atoms with E-state index in [1.54, 1.807) is 28.0 Å². The quantitative estimate of drug-likeness (QED) is 0.520. The smallest absolute Gasteiger partial charge is 0.245 e. The highest BCUT2D eigenvalue weighted by atomic mass is 16.2. The second-order valence-corrected chi connectivity index (χ2v) is 8.66. The van der Waals surface area contributed by atoms with Crippen LogP contribution >= 0.6 is 0 Å². The van der Waals surface area contributed by atoms with Gasteiger partial charge >= 0.3 is 0 Å².